The lowest BCUT2D eigenvalue weighted by Gasteiger charge is -2.69. The average Bonchev–Trinajstić information content (AvgIpc) is 2.83. The summed E-state index contributed by atoms with van der Waals surface area (Å²) in [5.41, 5.74) is -0.990. The van der Waals surface area contributed by atoms with Crippen LogP contribution < -0.4 is 5.32 Å². The van der Waals surface area contributed by atoms with Gasteiger partial charge in [-0.2, -0.15) is 14.0 Å². The smallest absolute Gasteiger partial charge is 0.321 e. The monoisotopic (exact) mass is 542 g/mol. The third-order valence-corrected chi connectivity index (χ3v) is 12.7. The number of hydrogen-bond donors (Lipinski definition) is 1. The first-order chi connectivity index (χ1) is 17.9. The van der Waals surface area contributed by atoms with Gasteiger partial charge in [-0.15, -0.1) is 0 Å². The van der Waals surface area contributed by atoms with Crippen LogP contribution in [0, 0.1) is 62.6 Å². The number of amides is 1. The number of fused-ring (bicyclic) bond motifs is 7. The van der Waals surface area contributed by atoms with Crippen molar-refractivity contribution in [3.63, 3.8) is 0 Å². The first-order valence-electron chi connectivity index (χ1n) is 14.8. The van der Waals surface area contributed by atoms with E-state index in [0.717, 1.165) is 24.8 Å². The van der Waals surface area contributed by atoms with Crippen LogP contribution in [-0.2, 0) is 14.4 Å². The Labute approximate surface area is 231 Å². The number of nitriles is 1. The van der Waals surface area contributed by atoms with Crippen molar-refractivity contribution in [2.75, 3.05) is 0 Å². The number of carbonyl (C=O) groups excluding carboxylic acids is 3. The van der Waals surface area contributed by atoms with E-state index in [1.807, 2.05) is 13.0 Å². The van der Waals surface area contributed by atoms with E-state index in [0.29, 0.717) is 39.0 Å². The summed E-state index contributed by atoms with van der Waals surface area (Å²) in [7, 11) is 0. The molecule has 9 atom stereocenters. The molecule has 4 fully saturated rings. The summed E-state index contributed by atoms with van der Waals surface area (Å²) >= 11 is 0. The van der Waals surface area contributed by atoms with Gasteiger partial charge in [0.2, 0.25) is 0 Å². The van der Waals surface area contributed by atoms with Crippen LogP contribution in [0.2, 0.25) is 0 Å². The molecule has 0 bridgehead atoms. The summed E-state index contributed by atoms with van der Waals surface area (Å²) in [6, 6.07) is 2.25. The van der Waals surface area contributed by atoms with Crippen LogP contribution in [0.25, 0.3) is 0 Å². The first-order valence-corrected chi connectivity index (χ1v) is 14.8. The molecule has 0 aromatic heterocycles. The molecule has 9 unspecified atom stereocenters. The third-order valence-electron chi connectivity index (χ3n) is 12.7. The van der Waals surface area contributed by atoms with E-state index in [-0.39, 0.29) is 46.1 Å². The summed E-state index contributed by atoms with van der Waals surface area (Å²) in [5, 5.41) is 12.6. The molecule has 214 valence electrons. The number of nitrogens with one attached hydrogen (secondary N) is 1. The predicted molar refractivity (Wildman–Crippen MR) is 143 cm³/mol. The van der Waals surface area contributed by atoms with Crippen LogP contribution in [0.5, 0.6) is 0 Å². The Bertz CT molecular complexity index is 1200. The Hall–Kier alpha value is -2.10. The van der Waals surface area contributed by atoms with Crippen molar-refractivity contribution in [3.05, 3.63) is 11.6 Å². The van der Waals surface area contributed by atoms with Gasteiger partial charge in [0.1, 0.15) is 5.92 Å². The highest BCUT2D eigenvalue weighted by atomic mass is 19.3. The molecule has 39 heavy (non-hydrogen) atoms. The molecule has 0 aromatic rings. The Morgan fingerprint density at radius 1 is 1.03 bits per heavy atom. The van der Waals surface area contributed by atoms with Crippen molar-refractivity contribution in [2.24, 2.45) is 51.2 Å². The van der Waals surface area contributed by atoms with Crippen molar-refractivity contribution in [1.29, 1.82) is 5.26 Å². The molecular weight excluding hydrogens is 498 g/mol. The Morgan fingerprint density at radius 2 is 1.67 bits per heavy atom. The van der Waals surface area contributed by atoms with Crippen LogP contribution in [0.4, 0.5) is 8.78 Å². The number of halogens is 2. The summed E-state index contributed by atoms with van der Waals surface area (Å²) in [6.45, 7) is 13.6. The zero-order valence-corrected chi connectivity index (χ0v) is 24.5. The second kappa shape index (κ2) is 8.46. The van der Waals surface area contributed by atoms with Gasteiger partial charge in [0.15, 0.2) is 11.6 Å². The van der Waals surface area contributed by atoms with E-state index in [9.17, 15) is 28.4 Å². The van der Waals surface area contributed by atoms with Gasteiger partial charge in [0.05, 0.1) is 6.07 Å². The molecule has 7 heteroatoms. The molecule has 5 rings (SSSR count). The van der Waals surface area contributed by atoms with Gasteiger partial charge in [0, 0.05) is 24.3 Å². The van der Waals surface area contributed by atoms with E-state index in [4.69, 9.17) is 0 Å². The molecule has 0 spiro atoms. The molecular formula is C32H44F2N2O3. The molecule has 1 N–H and O–H groups in total. The van der Waals surface area contributed by atoms with E-state index in [1.54, 1.807) is 0 Å². The highest BCUT2D eigenvalue weighted by Gasteiger charge is 2.70. The number of ketones is 2. The van der Waals surface area contributed by atoms with Crippen molar-refractivity contribution in [3.8, 4) is 6.07 Å². The van der Waals surface area contributed by atoms with Crippen molar-refractivity contribution in [2.45, 2.75) is 111 Å². The molecule has 0 radical (unpaired) electrons. The largest absolute Gasteiger partial charge is 0.345 e. The van der Waals surface area contributed by atoms with Gasteiger partial charge in [0.25, 0.3) is 5.91 Å². The standard InChI is InChI=1S/C32H44F2N2O3/c1-18-20-8-9-29(5)23(28(20,4)15-19(17-35)25(18)38)14-22(37)24-21-16-27(2,3)10-12-32(21,13-11-30(24,29)6)36-26(39)31(7,33)34/h14,18-21,24H,8-13,15-16H2,1-7H3,(H,36,39). The fourth-order valence-electron chi connectivity index (χ4n) is 10.2. The van der Waals surface area contributed by atoms with Crippen LogP contribution in [0.15, 0.2) is 11.6 Å². The molecule has 5 aliphatic rings. The maximum Gasteiger partial charge on any atom is 0.321 e. The highest BCUT2D eigenvalue weighted by molar-refractivity contribution is 5.96. The topological polar surface area (TPSA) is 87.0 Å². The number of allylic oxidation sites excluding steroid dienone is 2. The van der Waals surface area contributed by atoms with E-state index >= 15 is 0 Å². The quantitative estimate of drug-likeness (QED) is 0.436. The average molecular weight is 543 g/mol. The third kappa shape index (κ3) is 3.82. The van der Waals surface area contributed by atoms with E-state index < -0.39 is 34.1 Å². The Kier molecular flexibility index (Phi) is 6.17. The molecule has 1 amide bonds. The van der Waals surface area contributed by atoms with E-state index in [1.165, 1.54) is 0 Å². The number of hydrogen-bond acceptors (Lipinski definition) is 4. The van der Waals surface area contributed by atoms with Crippen LogP contribution >= 0.6 is 0 Å². The predicted octanol–water partition coefficient (Wildman–Crippen LogP) is 6.42. The fraction of sp³-hybridized carbons (Fsp3) is 0.812. The number of alkyl halides is 2. The zero-order valence-electron chi connectivity index (χ0n) is 24.5. The van der Waals surface area contributed by atoms with Crippen LogP contribution in [0.1, 0.15) is 99.8 Å². The SMILES string of the molecule is CC1C(=O)C(C#N)CC2(C)C3=CC(=O)C4C5CC(C)(C)CCC5(NC(=O)C(C)(F)F)CCC4(C)C3(C)CCC12. The number of carbonyl (C=O) groups is 3. The Balaban J connectivity index is 1.62. The van der Waals surface area contributed by atoms with Crippen molar-refractivity contribution < 1.29 is 23.2 Å². The lowest BCUT2D eigenvalue weighted by molar-refractivity contribution is -0.170. The van der Waals surface area contributed by atoms with E-state index in [2.05, 4.69) is 46.0 Å². The summed E-state index contributed by atoms with van der Waals surface area (Å²) in [4.78, 5) is 40.0. The number of Topliss-reactive ketones (excluding diaryl/α,β-unsaturated/α-hetero) is 1. The number of nitrogens with zero attached hydrogens (tertiary/aromatic N) is 1. The van der Waals surface area contributed by atoms with Crippen molar-refractivity contribution >= 4 is 17.5 Å². The summed E-state index contributed by atoms with van der Waals surface area (Å²) in [5.74, 6) is -6.14. The lowest BCUT2D eigenvalue weighted by atomic mass is 9.35. The Morgan fingerprint density at radius 3 is 2.28 bits per heavy atom. The minimum absolute atomic E-state index is 0.0192. The zero-order chi connectivity index (χ0) is 29.0. The fourth-order valence-corrected chi connectivity index (χ4v) is 10.2. The van der Waals surface area contributed by atoms with Crippen LogP contribution in [-0.4, -0.2) is 28.9 Å². The highest BCUT2D eigenvalue weighted by Crippen LogP contribution is 2.73. The van der Waals surface area contributed by atoms with Gasteiger partial charge in [-0.3, -0.25) is 14.4 Å². The first kappa shape index (κ1) is 28.4. The number of rotatable bonds is 2. The second-order valence-electron chi connectivity index (χ2n) is 15.3. The molecule has 0 aliphatic heterocycles. The van der Waals surface area contributed by atoms with Gasteiger partial charge >= 0.3 is 5.92 Å². The molecule has 0 saturated heterocycles. The molecule has 0 aromatic carbocycles. The maximum atomic E-state index is 14.4. The van der Waals surface area contributed by atoms with Gasteiger partial charge in [-0.05, 0) is 90.9 Å². The van der Waals surface area contributed by atoms with Gasteiger partial charge in [-0.1, -0.05) is 47.1 Å². The summed E-state index contributed by atoms with van der Waals surface area (Å²) < 4.78 is 28.3. The minimum Gasteiger partial charge on any atom is -0.345 e. The van der Waals surface area contributed by atoms with Gasteiger partial charge in [-0.25, -0.2) is 0 Å². The second-order valence-corrected chi connectivity index (χ2v) is 15.3. The van der Waals surface area contributed by atoms with Crippen molar-refractivity contribution in [1.82, 2.24) is 5.32 Å². The molecule has 5 nitrogen and oxygen atoms in total. The molecule has 0 heterocycles. The normalized spacial score (nSPS) is 47.0. The molecule has 4 saturated carbocycles. The van der Waals surface area contributed by atoms with Crippen LogP contribution in [0.3, 0.4) is 0 Å². The van der Waals surface area contributed by atoms with Gasteiger partial charge < -0.3 is 5.32 Å². The lowest BCUT2D eigenvalue weighted by Crippen LogP contribution is -2.70. The summed E-state index contributed by atoms with van der Waals surface area (Å²) in [6.07, 6.45) is 7.27. The minimum atomic E-state index is -3.48. The maximum absolute atomic E-state index is 14.4. The molecule has 5 aliphatic carbocycles.